The molecule has 0 unspecified atom stereocenters. The Kier molecular flexibility index (Phi) is 4.59. The molecule has 1 fully saturated rings. The molecule has 1 aliphatic heterocycles. The van der Waals surface area contributed by atoms with E-state index in [0.29, 0.717) is 56.9 Å². The Labute approximate surface area is 183 Å². The van der Waals surface area contributed by atoms with Crippen LogP contribution in [0.15, 0.2) is 35.1 Å². The molecule has 1 aliphatic rings. The minimum atomic E-state index is -3.06. The van der Waals surface area contributed by atoms with Crippen LogP contribution < -0.4 is 10.6 Å². The van der Waals surface area contributed by atoms with Crippen molar-refractivity contribution in [3.05, 3.63) is 46.7 Å². The summed E-state index contributed by atoms with van der Waals surface area (Å²) in [6, 6.07) is 3.81. The molecule has 3 aromatic heterocycles. The molecule has 0 aliphatic carbocycles. The van der Waals surface area contributed by atoms with Gasteiger partial charge in [0.1, 0.15) is 16.1 Å². The van der Waals surface area contributed by atoms with E-state index in [2.05, 4.69) is 26.0 Å². The van der Waals surface area contributed by atoms with Gasteiger partial charge in [-0.2, -0.15) is 9.61 Å². The molecule has 4 heterocycles. The zero-order valence-corrected chi connectivity index (χ0v) is 18.3. The second-order valence-corrected chi connectivity index (χ2v) is 10.3. The van der Waals surface area contributed by atoms with Crippen molar-refractivity contribution in [2.75, 3.05) is 35.2 Å². The quantitative estimate of drug-likeness (QED) is 0.443. The summed E-state index contributed by atoms with van der Waals surface area (Å²) in [7, 11) is -3.06. The molecule has 1 aromatic carbocycles. The van der Waals surface area contributed by atoms with Crippen molar-refractivity contribution in [1.29, 1.82) is 0 Å². The van der Waals surface area contributed by atoms with Crippen LogP contribution in [-0.2, 0) is 9.84 Å². The summed E-state index contributed by atoms with van der Waals surface area (Å²) in [5, 5.41) is 4.73. The zero-order valence-electron chi connectivity index (χ0n) is 15.9. The van der Waals surface area contributed by atoms with Crippen LogP contribution in [0.1, 0.15) is 0 Å². The van der Waals surface area contributed by atoms with Crippen molar-refractivity contribution < 1.29 is 17.2 Å². The molecule has 12 heteroatoms. The maximum absolute atomic E-state index is 13.7. The Morgan fingerprint density at radius 2 is 1.77 bits per heavy atom. The molecule has 0 radical (unpaired) electrons. The molecule has 2 N–H and O–H groups in total. The lowest BCUT2D eigenvalue weighted by Gasteiger charge is -2.28. The lowest BCUT2D eigenvalue weighted by atomic mass is 10.1. The van der Waals surface area contributed by atoms with E-state index in [-0.39, 0.29) is 11.5 Å². The summed E-state index contributed by atoms with van der Waals surface area (Å²) in [5.74, 6) is -1.02. The van der Waals surface area contributed by atoms with Crippen molar-refractivity contribution in [1.82, 2.24) is 19.6 Å². The number of anilines is 2. The molecule has 0 saturated carbocycles. The topological polar surface area (TPSA) is 106 Å². The molecule has 5 rings (SSSR count). The van der Waals surface area contributed by atoms with E-state index in [9.17, 15) is 17.2 Å². The maximum atomic E-state index is 13.7. The predicted molar refractivity (Wildman–Crippen MR) is 117 cm³/mol. The van der Waals surface area contributed by atoms with Crippen LogP contribution in [0.4, 0.5) is 20.4 Å². The molecular weight excluding hydrogens is 494 g/mol. The van der Waals surface area contributed by atoms with Crippen LogP contribution in [0.2, 0.25) is 0 Å². The summed E-state index contributed by atoms with van der Waals surface area (Å²) in [4.78, 5) is 10.8. The summed E-state index contributed by atoms with van der Waals surface area (Å²) in [6.07, 6.45) is 3.10. The first kappa shape index (κ1) is 20.1. The van der Waals surface area contributed by atoms with Crippen molar-refractivity contribution in [3.63, 3.8) is 0 Å². The number of hydrogen-bond donors (Lipinski definition) is 1. The zero-order chi connectivity index (χ0) is 21.9. The standard InChI is InChI=1S/C19H15BrF2N6O2S/c20-16-17(23)28-18(26-19(16)27-1-3-31(29,30)4-2-27)12(9-25-28)11-5-10-6-13(21)14(22)7-15(10)24-8-11/h5-9H,1-4,23H2. The number of halogens is 3. The summed E-state index contributed by atoms with van der Waals surface area (Å²) in [5.41, 5.74) is 8.23. The largest absolute Gasteiger partial charge is 0.383 e. The summed E-state index contributed by atoms with van der Waals surface area (Å²) in [6.45, 7) is 0.602. The second kappa shape index (κ2) is 7.09. The van der Waals surface area contributed by atoms with Crippen LogP contribution in [0.25, 0.3) is 27.7 Å². The Bertz CT molecular complexity index is 1460. The van der Waals surface area contributed by atoms with Crippen molar-refractivity contribution in [2.45, 2.75) is 0 Å². The smallest absolute Gasteiger partial charge is 0.167 e. The van der Waals surface area contributed by atoms with Gasteiger partial charge in [-0.25, -0.2) is 22.2 Å². The summed E-state index contributed by atoms with van der Waals surface area (Å²) >= 11 is 3.45. The van der Waals surface area contributed by atoms with Gasteiger partial charge in [0.2, 0.25) is 0 Å². The van der Waals surface area contributed by atoms with Gasteiger partial charge in [-0.1, -0.05) is 0 Å². The highest BCUT2D eigenvalue weighted by atomic mass is 79.9. The van der Waals surface area contributed by atoms with Gasteiger partial charge >= 0.3 is 0 Å². The number of nitrogens with zero attached hydrogens (tertiary/aromatic N) is 5. The van der Waals surface area contributed by atoms with E-state index in [0.717, 1.165) is 12.1 Å². The highest BCUT2D eigenvalue weighted by Crippen LogP contribution is 2.35. The molecule has 31 heavy (non-hydrogen) atoms. The number of sulfone groups is 1. The van der Waals surface area contributed by atoms with E-state index in [1.165, 1.54) is 10.7 Å². The van der Waals surface area contributed by atoms with Gasteiger partial charge in [-0.05, 0) is 28.1 Å². The van der Waals surface area contributed by atoms with Gasteiger partial charge in [-0.15, -0.1) is 0 Å². The lowest BCUT2D eigenvalue weighted by Crippen LogP contribution is -2.41. The SMILES string of the molecule is Nc1c(Br)c(N2CCS(=O)(=O)CC2)nc2c(-c3cnc4cc(F)c(F)cc4c3)cnn12. The van der Waals surface area contributed by atoms with E-state index in [1.54, 1.807) is 12.3 Å². The Morgan fingerprint density at radius 1 is 1.06 bits per heavy atom. The lowest BCUT2D eigenvalue weighted by molar-refractivity contribution is 0.510. The second-order valence-electron chi connectivity index (χ2n) is 7.25. The molecule has 0 amide bonds. The van der Waals surface area contributed by atoms with Crippen LogP contribution in [0, 0.1) is 11.6 Å². The molecular formula is C19H15BrF2N6O2S. The molecule has 0 atom stereocenters. The van der Waals surface area contributed by atoms with Crippen LogP contribution >= 0.6 is 15.9 Å². The van der Waals surface area contributed by atoms with Gasteiger partial charge in [0.15, 0.2) is 27.1 Å². The van der Waals surface area contributed by atoms with Crippen molar-refractivity contribution in [3.8, 4) is 11.1 Å². The van der Waals surface area contributed by atoms with Crippen LogP contribution in [-0.4, -0.2) is 52.6 Å². The molecule has 160 valence electrons. The average molecular weight is 509 g/mol. The number of nitrogen functional groups attached to an aromatic ring is 1. The number of fused-ring (bicyclic) bond motifs is 2. The first-order valence-electron chi connectivity index (χ1n) is 9.27. The number of hydrogen-bond acceptors (Lipinski definition) is 7. The van der Waals surface area contributed by atoms with E-state index in [1.807, 2.05) is 4.90 Å². The van der Waals surface area contributed by atoms with E-state index >= 15 is 0 Å². The van der Waals surface area contributed by atoms with Gasteiger partial charge < -0.3 is 10.6 Å². The number of benzene rings is 1. The monoisotopic (exact) mass is 508 g/mol. The third-order valence-electron chi connectivity index (χ3n) is 5.28. The highest BCUT2D eigenvalue weighted by Gasteiger charge is 2.26. The van der Waals surface area contributed by atoms with Gasteiger partial charge in [0, 0.05) is 41.9 Å². The fourth-order valence-electron chi connectivity index (χ4n) is 3.59. The number of pyridine rings is 1. The molecule has 1 saturated heterocycles. The number of aromatic nitrogens is 4. The first-order chi connectivity index (χ1) is 14.7. The fraction of sp³-hybridized carbons (Fsp3) is 0.211. The first-order valence-corrected chi connectivity index (χ1v) is 11.9. The molecule has 0 bridgehead atoms. The van der Waals surface area contributed by atoms with Crippen molar-refractivity contribution in [2.24, 2.45) is 0 Å². The molecule has 0 spiro atoms. The Balaban J connectivity index is 1.64. The van der Waals surface area contributed by atoms with Crippen LogP contribution in [0.3, 0.4) is 0 Å². The Hall–Kier alpha value is -2.86. The predicted octanol–water partition coefficient (Wildman–Crippen LogP) is 2.80. The van der Waals surface area contributed by atoms with Gasteiger partial charge in [-0.3, -0.25) is 4.98 Å². The summed E-state index contributed by atoms with van der Waals surface area (Å²) < 4.78 is 52.7. The van der Waals surface area contributed by atoms with Crippen LogP contribution in [0.5, 0.6) is 0 Å². The highest BCUT2D eigenvalue weighted by molar-refractivity contribution is 9.10. The minimum Gasteiger partial charge on any atom is -0.383 e. The van der Waals surface area contributed by atoms with Gasteiger partial charge in [0.05, 0.1) is 23.2 Å². The number of nitrogens with two attached hydrogens (primary N) is 1. The third kappa shape index (κ3) is 3.39. The minimum absolute atomic E-state index is 0.0367. The average Bonchev–Trinajstić information content (AvgIpc) is 3.15. The van der Waals surface area contributed by atoms with E-state index < -0.39 is 21.5 Å². The van der Waals surface area contributed by atoms with Gasteiger partial charge in [0.25, 0.3) is 0 Å². The normalized spacial score (nSPS) is 16.3. The Morgan fingerprint density at radius 3 is 2.52 bits per heavy atom. The third-order valence-corrected chi connectivity index (χ3v) is 7.65. The maximum Gasteiger partial charge on any atom is 0.167 e. The number of rotatable bonds is 2. The molecule has 4 aromatic rings. The molecule has 8 nitrogen and oxygen atoms in total. The van der Waals surface area contributed by atoms with E-state index in [4.69, 9.17) is 10.7 Å². The fourth-order valence-corrected chi connectivity index (χ4v) is 5.30. The van der Waals surface area contributed by atoms with Crippen molar-refractivity contribution >= 4 is 54.0 Å².